The molecule has 1 N–H and O–H groups in total. The molecule has 3 aliphatic rings. The van der Waals surface area contributed by atoms with Gasteiger partial charge in [0.15, 0.2) is 0 Å². The highest BCUT2D eigenvalue weighted by Gasteiger charge is 2.37. The maximum absolute atomic E-state index is 12.6. The van der Waals surface area contributed by atoms with E-state index in [-0.39, 0.29) is 6.10 Å². The van der Waals surface area contributed by atoms with Gasteiger partial charge in [-0.3, -0.25) is 0 Å². The van der Waals surface area contributed by atoms with Gasteiger partial charge in [0.25, 0.3) is 10.2 Å². The minimum atomic E-state index is -3.28. The van der Waals surface area contributed by atoms with Crippen molar-refractivity contribution < 1.29 is 13.2 Å². The summed E-state index contributed by atoms with van der Waals surface area (Å²) < 4.78 is 33.7. The lowest BCUT2D eigenvalue weighted by atomic mass is 9.98. The van der Waals surface area contributed by atoms with Crippen LogP contribution in [0.2, 0.25) is 0 Å². The van der Waals surface area contributed by atoms with Crippen molar-refractivity contribution >= 4 is 10.2 Å². The van der Waals surface area contributed by atoms with E-state index < -0.39 is 10.2 Å². The van der Waals surface area contributed by atoms with Gasteiger partial charge >= 0.3 is 0 Å². The van der Waals surface area contributed by atoms with Gasteiger partial charge in [0.2, 0.25) is 0 Å². The van der Waals surface area contributed by atoms with E-state index in [1.54, 1.807) is 15.7 Å². The number of piperidine rings is 1. The molecule has 2 heterocycles. The van der Waals surface area contributed by atoms with Crippen LogP contribution < -0.4 is 5.32 Å². The Morgan fingerprint density at radius 2 is 1.71 bits per heavy atom. The lowest BCUT2D eigenvalue weighted by molar-refractivity contribution is 0.114. The van der Waals surface area contributed by atoms with Crippen molar-refractivity contribution in [2.45, 2.75) is 44.2 Å². The van der Waals surface area contributed by atoms with E-state index in [0.29, 0.717) is 32.1 Å². The average Bonchev–Trinajstić information content (AvgIpc) is 3.19. The summed E-state index contributed by atoms with van der Waals surface area (Å²) in [4.78, 5) is 0. The highest BCUT2D eigenvalue weighted by atomic mass is 32.2. The van der Waals surface area contributed by atoms with E-state index in [1.165, 1.54) is 12.8 Å². The molecule has 1 saturated carbocycles. The Hall–Kier alpha value is -0.210. The van der Waals surface area contributed by atoms with Crippen LogP contribution in [-0.2, 0) is 14.9 Å². The van der Waals surface area contributed by atoms with Crippen molar-refractivity contribution in [2.24, 2.45) is 5.92 Å². The lowest BCUT2D eigenvalue weighted by Gasteiger charge is -2.33. The van der Waals surface area contributed by atoms with Gasteiger partial charge in [-0.25, -0.2) is 0 Å². The second-order valence-corrected chi connectivity index (χ2v) is 8.47. The predicted molar refractivity (Wildman–Crippen MR) is 81.2 cm³/mol. The van der Waals surface area contributed by atoms with Crippen molar-refractivity contribution in [3.63, 3.8) is 0 Å². The largest absolute Gasteiger partial charge is 0.380 e. The first-order valence-electron chi connectivity index (χ1n) is 8.11. The number of rotatable bonds is 6. The zero-order valence-electron chi connectivity index (χ0n) is 12.8. The van der Waals surface area contributed by atoms with E-state index in [4.69, 9.17) is 4.74 Å². The fourth-order valence-corrected chi connectivity index (χ4v) is 4.92. The lowest BCUT2D eigenvalue weighted by Crippen LogP contribution is -2.47. The molecule has 0 aromatic rings. The monoisotopic (exact) mass is 317 g/mol. The molecule has 3 rings (SSSR count). The van der Waals surface area contributed by atoms with Crippen molar-refractivity contribution in [1.29, 1.82) is 0 Å². The molecule has 2 saturated heterocycles. The maximum atomic E-state index is 12.6. The van der Waals surface area contributed by atoms with Crippen molar-refractivity contribution in [1.82, 2.24) is 13.9 Å². The van der Waals surface area contributed by atoms with Gasteiger partial charge < -0.3 is 10.1 Å². The maximum Gasteiger partial charge on any atom is 0.282 e. The number of nitrogens with one attached hydrogen (secondary N) is 1. The van der Waals surface area contributed by atoms with Crippen molar-refractivity contribution in [3.8, 4) is 0 Å². The third-order valence-electron chi connectivity index (χ3n) is 4.94. The van der Waals surface area contributed by atoms with Gasteiger partial charge in [-0.2, -0.15) is 17.0 Å². The normalized spacial score (nSPS) is 30.0. The molecular weight excluding hydrogens is 290 g/mol. The van der Waals surface area contributed by atoms with E-state index in [1.807, 2.05) is 0 Å². The van der Waals surface area contributed by atoms with Gasteiger partial charge in [-0.15, -0.1) is 0 Å². The SMILES string of the molecule is COC1CCN(S(=O)(=O)N2CCC(CNC3CC3)CC2)C1. The minimum Gasteiger partial charge on any atom is -0.380 e. The molecule has 122 valence electrons. The van der Waals surface area contributed by atoms with Crippen LogP contribution in [0.25, 0.3) is 0 Å². The number of ether oxygens (including phenoxy) is 1. The Morgan fingerprint density at radius 3 is 2.29 bits per heavy atom. The quantitative estimate of drug-likeness (QED) is 0.771. The Kier molecular flexibility index (Phi) is 4.85. The summed E-state index contributed by atoms with van der Waals surface area (Å²) in [5.41, 5.74) is 0. The second kappa shape index (κ2) is 6.50. The highest BCUT2D eigenvalue weighted by Crippen LogP contribution is 2.25. The number of hydrogen-bond donors (Lipinski definition) is 1. The molecule has 1 unspecified atom stereocenters. The molecule has 6 nitrogen and oxygen atoms in total. The minimum absolute atomic E-state index is 0.0556. The summed E-state index contributed by atoms with van der Waals surface area (Å²) in [6, 6.07) is 0.738. The van der Waals surface area contributed by atoms with Crippen LogP contribution in [0, 0.1) is 5.92 Å². The van der Waals surface area contributed by atoms with Crippen LogP contribution in [0.4, 0.5) is 0 Å². The molecule has 3 fully saturated rings. The molecule has 1 atom stereocenters. The van der Waals surface area contributed by atoms with E-state index in [0.717, 1.165) is 31.8 Å². The Bertz CT molecular complexity index is 444. The fourth-order valence-electron chi connectivity index (χ4n) is 3.23. The first kappa shape index (κ1) is 15.7. The van der Waals surface area contributed by atoms with Crippen LogP contribution in [0.1, 0.15) is 32.1 Å². The van der Waals surface area contributed by atoms with Gasteiger partial charge in [0.05, 0.1) is 6.10 Å². The topological polar surface area (TPSA) is 61.9 Å². The molecule has 0 bridgehead atoms. The molecule has 0 aromatic carbocycles. The summed E-state index contributed by atoms with van der Waals surface area (Å²) in [6.07, 6.45) is 5.42. The van der Waals surface area contributed by atoms with Crippen LogP contribution in [-0.4, -0.2) is 69.0 Å². The van der Waals surface area contributed by atoms with Gasteiger partial charge in [0, 0.05) is 39.3 Å². The van der Waals surface area contributed by atoms with E-state index in [9.17, 15) is 8.42 Å². The summed E-state index contributed by atoms with van der Waals surface area (Å²) in [5, 5.41) is 3.55. The van der Waals surface area contributed by atoms with Gasteiger partial charge in [-0.1, -0.05) is 0 Å². The smallest absolute Gasteiger partial charge is 0.282 e. The van der Waals surface area contributed by atoms with Gasteiger partial charge in [0.1, 0.15) is 0 Å². The van der Waals surface area contributed by atoms with Crippen LogP contribution >= 0.6 is 0 Å². The predicted octanol–water partition coefficient (Wildman–Crippen LogP) is 0.416. The standard InChI is InChI=1S/C14H27N3O3S/c1-20-14-6-9-17(11-14)21(18,19)16-7-4-12(5-8-16)10-15-13-2-3-13/h12-15H,2-11H2,1H3. The third kappa shape index (κ3) is 3.76. The van der Waals surface area contributed by atoms with E-state index >= 15 is 0 Å². The number of hydrogen-bond acceptors (Lipinski definition) is 4. The second-order valence-electron chi connectivity index (χ2n) is 6.54. The first-order chi connectivity index (χ1) is 10.1. The molecular formula is C14H27N3O3S. The zero-order chi connectivity index (χ0) is 14.9. The molecule has 21 heavy (non-hydrogen) atoms. The summed E-state index contributed by atoms with van der Waals surface area (Å²) in [5.74, 6) is 0.627. The molecule has 0 amide bonds. The molecule has 0 radical (unpaired) electrons. The summed E-state index contributed by atoms with van der Waals surface area (Å²) in [6.45, 7) is 3.46. The number of nitrogens with zero attached hydrogens (tertiary/aromatic N) is 2. The molecule has 1 aliphatic carbocycles. The summed E-state index contributed by atoms with van der Waals surface area (Å²) in [7, 11) is -1.63. The Labute approximate surface area is 128 Å². The van der Waals surface area contributed by atoms with Crippen LogP contribution in [0.15, 0.2) is 0 Å². The Morgan fingerprint density at radius 1 is 1.05 bits per heavy atom. The van der Waals surface area contributed by atoms with Crippen molar-refractivity contribution in [3.05, 3.63) is 0 Å². The van der Waals surface area contributed by atoms with Gasteiger partial charge in [-0.05, 0) is 44.6 Å². The van der Waals surface area contributed by atoms with E-state index in [2.05, 4.69) is 5.32 Å². The van der Waals surface area contributed by atoms with Crippen LogP contribution in [0.5, 0.6) is 0 Å². The first-order valence-corrected chi connectivity index (χ1v) is 9.50. The number of methoxy groups -OCH3 is 1. The molecule has 7 heteroatoms. The third-order valence-corrected chi connectivity index (χ3v) is 6.94. The average molecular weight is 317 g/mol. The highest BCUT2D eigenvalue weighted by molar-refractivity contribution is 7.86. The Balaban J connectivity index is 1.48. The summed E-state index contributed by atoms with van der Waals surface area (Å²) >= 11 is 0. The molecule has 2 aliphatic heterocycles. The molecule has 0 aromatic heterocycles. The van der Waals surface area contributed by atoms with Crippen LogP contribution in [0.3, 0.4) is 0 Å². The molecule has 0 spiro atoms. The fraction of sp³-hybridized carbons (Fsp3) is 1.00. The van der Waals surface area contributed by atoms with Crippen molar-refractivity contribution in [2.75, 3.05) is 39.8 Å². The zero-order valence-corrected chi connectivity index (χ0v) is 13.6.